The summed E-state index contributed by atoms with van der Waals surface area (Å²) in [7, 11) is 0. The van der Waals surface area contributed by atoms with Crippen LogP contribution in [0.2, 0.25) is 0 Å². The van der Waals surface area contributed by atoms with Crippen molar-refractivity contribution < 1.29 is 10.0 Å². The summed E-state index contributed by atoms with van der Waals surface area (Å²) >= 11 is 0. The minimum atomic E-state index is -0.937. The maximum Gasteiger partial charge on any atom is 0.318 e. The third kappa shape index (κ3) is 2.83. The Morgan fingerprint density at radius 1 is 1.44 bits per heavy atom. The number of hydrogen-bond acceptors (Lipinski definition) is 5. The molecule has 0 saturated heterocycles. The van der Waals surface area contributed by atoms with E-state index in [1.54, 1.807) is 6.07 Å². The van der Waals surface area contributed by atoms with Gasteiger partial charge in [0.25, 0.3) is 0 Å². The van der Waals surface area contributed by atoms with E-state index in [9.17, 15) is 10.1 Å². The van der Waals surface area contributed by atoms with Crippen LogP contribution in [0.15, 0.2) is 18.2 Å². The highest BCUT2D eigenvalue weighted by molar-refractivity contribution is 5.52. The molecule has 0 fully saturated rings. The van der Waals surface area contributed by atoms with Crippen LogP contribution in [-0.4, -0.2) is 5.09 Å². The van der Waals surface area contributed by atoms with Gasteiger partial charge in [0.2, 0.25) is 0 Å². The van der Waals surface area contributed by atoms with Crippen molar-refractivity contribution >= 4 is 5.69 Å². The smallest absolute Gasteiger partial charge is 0.223 e. The van der Waals surface area contributed by atoms with Crippen molar-refractivity contribution in [1.82, 2.24) is 0 Å². The van der Waals surface area contributed by atoms with E-state index in [0.29, 0.717) is 10.9 Å². The lowest BCUT2D eigenvalue weighted by molar-refractivity contribution is -0.762. The predicted molar refractivity (Wildman–Crippen MR) is 59.9 cm³/mol. The number of benzene rings is 1. The minimum Gasteiger partial charge on any atom is -0.223 e. The van der Waals surface area contributed by atoms with Crippen molar-refractivity contribution in [2.75, 3.05) is 5.17 Å². The fraction of sp³-hybridized carbons (Fsp3) is 0.400. The van der Waals surface area contributed by atoms with E-state index in [-0.39, 0.29) is 0 Å². The normalized spacial score (nSPS) is 9.94. The van der Waals surface area contributed by atoms with Gasteiger partial charge in [0.1, 0.15) is 0 Å². The average Bonchev–Trinajstić information content (AvgIpc) is 2.27. The number of hydrogen-bond donors (Lipinski definition) is 1. The molecule has 1 aromatic rings. The fourth-order valence-corrected chi connectivity index (χ4v) is 1.47. The zero-order valence-corrected chi connectivity index (χ0v) is 9.34. The van der Waals surface area contributed by atoms with Crippen LogP contribution in [-0.2, 0) is 17.8 Å². The van der Waals surface area contributed by atoms with E-state index in [2.05, 4.69) is 4.94 Å². The lowest BCUT2D eigenvalue weighted by atomic mass is 10.1. The van der Waals surface area contributed by atoms with Gasteiger partial charge >= 0.3 is 5.09 Å². The number of nitrogens with two attached hydrogens (primary N) is 1. The maximum atomic E-state index is 10.2. The molecule has 0 bridgehead atoms. The Bertz CT molecular complexity index is 382. The summed E-state index contributed by atoms with van der Waals surface area (Å²) in [5, 5.41) is 9.91. The van der Waals surface area contributed by atoms with Crippen LogP contribution < -0.4 is 11.0 Å². The molecule has 2 N–H and O–H groups in total. The first-order valence-corrected chi connectivity index (χ1v) is 5.07. The molecule has 0 aliphatic carbocycles. The standard InChI is InChI=1S/C10H15N3O3/c1-3-8-5-6-10(9(4-2)7-8)12(11)16-13(14)15/h5-7H,3-4,11H2,1-2H3. The van der Waals surface area contributed by atoms with E-state index < -0.39 is 5.09 Å². The van der Waals surface area contributed by atoms with E-state index in [0.717, 1.165) is 24.0 Å². The molecule has 16 heavy (non-hydrogen) atoms. The number of rotatable bonds is 5. The third-order valence-electron chi connectivity index (χ3n) is 2.33. The Balaban J connectivity index is 2.98. The van der Waals surface area contributed by atoms with Crippen LogP contribution in [0.5, 0.6) is 0 Å². The minimum absolute atomic E-state index is 0.511. The second-order valence-electron chi connectivity index (χ2n) is 3.30. The molecule has 0 saturated carbocycles. The zero-order valence-electron chi connectivity index (χ0n) is 9.34. The van der Waals surface area contributed by atoms with E-state index >= 15 is 0 Å². The first-order chi connectivity index (χ1) is 7.58. The van der Waals surface area contributed by atoms with Crippen molar-refractivity contribution in [2.24, 2.45) is 5.84 Å². The van der Waals surface area contributed by atoms with Gasteiger partial charge in [0.05, 0.1) is 5.69 Å². The molecule has 0 radical (unpaired) electrons. The van der Waals surface area contributed by atoms with E-state index in [4.69, 9.17) is 5.84 Å². The summed E-state index contributed by atoms with van der Waals surface area (Å²) in [6.45, 7) is 4.00. The predicted octanol–water partition coefficient (Wildman–Crippen LogP) is 1.61. The molecule has 6 heteroatoms. The average molecular weight is 225 g/mol. The van der Waals surface area contributed by atoms with Crippen LogP contribution in [0.3, 0.4) is 0 Å². The van der Waals surface area contributed by atoms with Crippen molar-refractivity contribution in [3.05, 3.63) is 39.4 Å². The second kappa shape index (κ2) is 5.32. The highest BCUT2D eigenvalue weighted by Gasteiger charge is 2.10. The van der Waals surface area contributed by atoms with Gasteiger partial charge in [-0.25, -0.2) is 5.84 Å². The van der Waals surface area contributed by atoms with Crippen LogP contribution in [0, 0.1) is 10.1 Å². The molecule has 0 heterocycles. The maximum absolute atomic E-state index is 10.2. The van der Waals surface area contributed by atoms with Crippen LogP contribution in [0.25, 0.3) is 0 Å². The Morgan fingerprint density at radius 2 is 2.12 bits per heavy atom. The molecule has 88 valence electrons. The summed E-state index contributed by atoms with van der Waals surface area (Å²) in [5.74, 6) is 5.43. The third-order valence-corrected chi connectivity index (χ3v) is 2.33. The summed E-state index contributed by atoms with van der Waals surface area (Å²) in [6.07, 6.45) is 1.64. The molecule has 0 atom stereocenters. The summed E-state index contributed by atoms with van der Waals surface area (Å²) in [6, 6.07) is 5.57. The monoisotopic (exact) mass is 225 g/mol. The van der Waals surface area contributed by atoms with Gasteiger partial charge in [0, 0.05) is 0 Å². The van der Waals surface area contributed by atoms with E-state index in [1.807, 2.05) is 26.0 Å². The Morgan fingerprint density at radius 3 is 2.62 bits per heavy atom. The summed E-state index contributed by atoms with van der Waals surface area (Å²) in [5.41, 5.74) is 2.59. The first kappa shape index (κ1) is 12.3. The summed E-state index contributed by atoms with van der Waals surface area (Å²) in [4.78, 5) is 14.4. The fourth-order valence-electron chi connectivity index (χ4n) is 1.47. The lowest BCUT2D eigenvalue weighted by Gasteiger charge is -2.18. The van der Waals surface area contributed by atoms with Crippen molar-refractivity contribution in [3.63, 3.8) is 0 Å². The van der Waals surface area contributed by atoms with Crippen molar-refractivity contribution in [3.8, 4) is 0 Å². The molecule has 0 amide bonds. The quantitative estimate of drug-likeness (QED) is 0.467. The molecule has 0 aliphatic rings. The van der Waals surface area contributed by atoms with Gasteiger partial charge in [-0.15, -0.1) is 15.3 Å². The highest BCUT2D eigenvalue weighted by Crippen LogP contribution is 2.21. The van der Waals surface area contributed by atoms with Gasteiger partial charge in [-0.3, -0.25) is 0 Å². The SMILES string of the molecule is CCc1ccc(N(N)O[N+](=O)[O-])c(CC)c1. The second-order valence-corrected chi connectivity index (χ2v) is 3.30. The molecule has 1 rings (SSSR count). The lowest BCUT2D eigenvalue weighted by Crippen LogP contribution is -2.34. The molecule has 0 aliphatic heterocycles. The molecule has 0 aromatic heterocycles. The van der Waals surface area contributed by atoms with Gasteiger partial charge in [-0.2, -0.15) is 4.94 Å². The molecular weight excluding hydrogens is 210 g/mol. The highest BCUT2D eigenvalue weighted by atomic mass is 17.0. The molecule has 6 nitrogen and oxygen atoms in total. The van der Waals surface area contributed by atoms with Crippen molar-refractivity contribution in [2.45, 2.75) is 26.7 Å². The van der Waals surface area contributed by atoms with Crippen LogP contribution >= 0.6 is 0 Å². The zero-order chi connectivity index (χ0) is 12.1. The van der Waals surface area contributed by atoms with Crippen LogP contribution in [0.4, 0.5) is 5.69 Å². The molecular formula is C10H15N3O3. The number of anilines is 1. The van der Waals surface area contributed by atoms with Crippen molar-refractivity contribution in [1.29, 1.82) is 0 Å². The molecule has 1 aromatic carbocycles. The number of aryl methyl sites for hydroxylation is 2. The topological polar surface area (TPSA) is 81.6 Å². The van der Waals surface area contributed by atoms with Crippen LogP contribution in [0.1, 0.15) is 25.0 Å². The number of nitrogens with zero attached hydrogens (tertiary/aromatic N) is 2. The van der Waals surface area contributed by atoms with Gasteiger partial charge in [-0.05, 0) is 30.0 Å². The van der Waals surface area contributed by atoms with Gasteiger partial charge < -0.3 is 0 Å². The van der Waals surface area contributed by atoms with Gasteiger partial charge in [-0.1, -0.05) is 26.0 Å². The molecule has 0 unspecified atom stereocenters. The first-order valence-electron chi connectivity index (χ1n) is 5.07. The Labute approximate surface area is 93.6 Å². The molecule has 0 spiro atoms. The van der Waals surface area contributed by atoms with E-state index in [1.165, 1.54) is 0 Å². The Hall–Kier alpha value is -1.82. The van der Waals surface area contributed by atoms with Gasteiger partial charge in [0.15, 0.2) is 0 Å². The largest absolute Gasteiger partial charge is 0.318 e. The summed E-state index contributed by atoms with van der Waals surface area (Å²) < 4.78 is 0. The number of hydrazine groups is 1. The Kier molecular flexibility index (Phi) is 4.07.